The normalized spacial score (nSPS) is 15.8. The van der Waals surface area contributed by atoms with E-state index in [-0.39, 0.29) is 6.61 Å². The summed E-state index contributed by atoms with van der Waals surface area (Å²) in [7, 11) is 0. The first-order valence-electron chi connectivity index (χ1n) is 7.55. The van der Waals surface area contributed by atoms with Crippen LogP contribution in [0.5, 0.6) is 0 Å². The fraction of sp³-hybridized carbons (Fsp3) is 0.529. The summed E-state index contributed by atoms with van der Waals surface area (Å²) < 4.78 is 0. The monoisotopic (exact) mass is 295 g/mol. The summed E-state index contributed by atoms with van der Waals surface area (Å²) in [6.45, 7) is 3.40. The molecule has 120 valence electrons. The molecule has 4 heteroatoms. The van der Waals surface area contributed by atoms with Crippen LogP contribution in [0, 0.1) is 0 Å². The highest BCUT2D eigenvalue weighted by molar-refractivity contribution is 5.13. The molecule has 0 aliphatic carbocycles. The number of allylic oxidation sites excluding steroid dienone is 5. The Bertz CT molecular complexity index is 335. The van der Waals surface area contributed by atoms with Crippen molar-refractivity contribution in [3.63, 3.8) is 0 Å². The first-order chi connectivity index (χ1) is 10.2. The van der Waals surface area contributed by atoms with Crippen LogP contribution in [0.15, 0.2) is 48.6 Å². The third kappa shape index (κ3) is 15.0. The second-order valence-electron chi connectivity index (χ2n) is 4.67. The van der Waals surface area contributed by atoms with Crippen molar-refractivity contribution in [1.29, 1.82) is 0 Å². The summed E-state index contributed by atoms with van der Waals surface area (Å²) in [6.07, 6.45) is 16.0. The Morgan fingerprint density at radius 1 is 0.905 bits per heavy atom. The van der Waals surface area contributed by atoms with Gasteiger partial charge >= 0.3 is 0 Å². The predicted molar refractivity (Wildman–Crippen MR) is 88.1 cm³/mol. The minimum Gasteiger partial charge on any atom is -0.395 e. The molecule has 4 nitrogen and oxygen atoms in total. The Morgan fingerprint density at radius 3 is 2.19 bits per heavy atom. The number of aliphatic hydroxyl groups excluding tert-OH is 3. The number of aliphatic hydroxyl groups is 3. The van der Waals surface area contributed by atoms with Crippen molar-refractivity contribution in [3.8, 4) is 0 Å². The van der Waals surface area contributed by atoms with Crippen LogP contribution < -0.4 is 5.32 Å². The van der Waals surface area contributed by atoms with E-state index in [0.717, 1.165) is 6.42 Å². The number of hydrogen-bond acceptors (Lipinski definition) is 4. The van der Waals surface area contributed by atoms with E-state index in [2.05, 4.69) is 12.2 Å². The predicted octanol–water partition coefficient (Wildman–Crippen LogP) is 1.71. The van der Waals surface area contributed by atoms with Gasteiger partial charge in [0.1, 0.15) is 0 Å². The van der Waals surface area contributed by atoms with Gasteiger partial charge in [-0.05, 0) is 25.8 Å². The van der Waals surface area contributed by atoms with Gasteiger partial charge in [0, 0.05) is 6.54 Å². The Morgan fingerprint density at radius 2 is 1.57 bits per heavy atom. The van der Waals surface area contributed by atoms with Crippen LogP contribution in [0.2, 0.25) is 0 Å². The van der Waals surface area contributed by atoms with E-state index in [1.165, 1.54) is 0 Å². The average molecular weight is 295 g/mol. The lowest BCUT2D eigenvalue weighted by molar-refractivity contribution is 0.209. The Balaban J connectivity index is 3.77. The average Bonchev–Trinajstić information content (AvgIpc) is 2.47. The minimum atomic E-state index is -0.491. The van der Waals surface area contributed by atoms with Crippen molar-refractivity contribution >= 4 is 0 Å². The lowest BCUT2D eigenvalue weighted by Gasteiger charge is -2.05. The zero-order valence-corrected chi connectivity index (χ0v) is 12.9. The molecule has 0 fully saturated rings. The zero-order valence-electron chi connectivity index (χ0n) is 12.9. The second-order valence-corrected chi connectivity index (χ2v) is 4.67. The van der Waals surface area contributed by atoms with Gasteiger partial charge in [0.05, 0.1) is 18.8 Å². The van der Waals surface area contributed by atoms with Gasteiger partial charge in [0.15, 0.2) is 0 Å². The van der Waals surface area contributed by atoms with Gasteiger partial charge in [0.2, 0.25) is 0 Å². The van der Waals surface area contributed by atoms with E-state index in [4.69, 9.17) is 5.11 Å². The van der Waals surface area contributed by atoms with Crippen LogP contribution in [-0.4, -0.2) is 47.2 Å². The molecule has 0 heterocycles. The molecule has 0 unspecified atom stereocenters. The van der Waals surface area contributed by atoms with E-state index >= 15 is 0 Å². The number of nitrogens with one attached hydrogen (secondary N) is 1. The Kier molecular flexibility index (Phi) is 14.3. The van der Waals surface area contributed by atoms with Crippen molar-refractivity contribution in [3.05, 3.63) is 48.6 Å². The first kappa shape index (κ1) is 19.8. The molecule has 0 rings (SSSR count). The third-order valence-corrected chi connectivity index (χ3v) is 2.69. The first-order valence-corrected chi connectivity index (χ1v) is 7.55. The standard InChI is InChI=1S/C17H29NO3/c1-2-3-6-9-16(20)10-7-4-5-8-11-17(21)12-13-18-14-15-19/h3-8,10-11,16-21H,2,9,12-15H2,1H3/b5-4-,6-3-,10-7+,11-8+/t16-,17+/m0/s1. The molecule has 2 atom stereocenters. The van der Waals surface area contributed by atoms with Crippen molar-refractivity contribution in [1.82, 2.24) is 5.32 Å². The van der Waals surface area contributed by atoms with E-state index in [1.807, 2.05) is 24.3 Å². The van der Waals surface area contributed by atoms with Crippen LogP contribution in [0.25, 0.3) is 0 Å². The van der Waals surface area contributed by atoms with Crippen molar-refractivity contribution < 1.29 is 15.3 Å². The molecule has 0 aliphatic heterocycles. The minimum absolute atomic E-state index is 0.112. The molecule has 0 aromatic heterocycles. The van der Waals surface area contributed by atoms with Gasteiger partial charge < -0.3 is 20.6 Å². The highest BCUT2D eigenvalue weighted by atomic mass is 16.3. The summed E-state index contributed by atoms with van der Waals surface area (Å²) >= 11 is 0. The van der Waals surface area contributed by atoms with Gasteiger partial charge in [0.25, 0.3) is 0 Å². The molecule has 0 saturated carbocycles. The highest BCUT2D eigenvalue weighted by Gasteiger charge is 1.96. The number of rotatable bonds is 12. The van der Waals surface area contributed by atoms with Crippen LogP contribution in [0.3, 0.4) is 0 Å². The summed E-state index contributed by atoms with van der Waals surface area (Å²) in [5.74, 6) is 0. The molecule has 4 N–H and O–H groups in total. The van der Waals surface area contributed by atoms with E-state index in [1.54, 1.807) is 24.3 Å². The van der Waals surface area contributed by atoms with E-state index in [0.29, 0.717) is 25.9 Å². The van der Waals surface area contributed by atoms with Crippen molar-refractivity contribution in [2.24, 2.45) is 0 Å². The number of hydrogen-bond donors (Lipinski definition) is 4. The van der Waals surface area contributed by atoms with Crippen LogP contribution in [0.1, 0.15) is 26.2 Å². The van der Waals surface area contributed by atoms with Gasteiger partial charge in [-0.3, -0.25) is 0 Å². The summed E-state index contributed by atoms with van der Waals surface area (Å²) in [4.78, 5) is 0. The lowest BCUT2D eigenvalue weighted by atomic mass is 10.2. The quantitative estimate of drug-likeness (QED) is 0.251. The fourth-order valence-corrected chi connectivity index (χ4v) is 1.54. The summed E-state index contributed by atoms with van der Waals surface area (Å²) in [5, 5.41) is 30.8. The maximum Gasteiger partial charge on any atom is 0.0758 e. The van der Waals surface area contributed by atoms with Crippen LogP contribution in [0.4, 0.5) is 0 Å². The fourth-order valence-electron chi connectivity index (χ4n) is 1.54. The maximum absolute atomic E-state index is 9.62. The largest absolute Gasteiger partial charge is 0.395 e. The molecule has 0 amide bonds. The Hall–Kier alpha value is -1.20. The lowest BCUT2D eigenvalue weighted by Crippen LogP contribution is -2.22. The summed E-state index contributed by atoms with van der Waals surface area (Å²) in [6, 6.07) is 0. The third-order valence-electron chi connectivity index (χ3n) is 2.69. The second kappa shape index (κ2) is 15.2. The molecule has 0 bridgehead atoms. The summed E-state index contributed by atoms with van der Waals surface area (Å²) in [5.41, 5.74) is 0. The van der Waals surface area contributed by atoms with Crippen LogP contribution in [-0.2, 0) is 0 Å². The van der Waals surface area contributed by atoms with E-state index < -0.39 is 12.2 Å². The molecular formula is C17H29NO3. The highest BCUT2D eigenvalue weighted by Crippen LogP contribution is 1.97. The Labute approximate surface area is 128 Å². The van der Waals surface area contributed by atoms with E-state index in [9.17, 15) is 10.2 Å². The molecule has 0 spiro atoms. The SMILES string of the molecule is CC/C=C\C[C@H](O)/C=C/C=C\C=C\[C@@H](O)CCNCCO. The van der Waals surface area contributed by atoms with Crippen LogP contribution >= 0.6 is 0 Å². The van der Waals surface area contributed by atoms with Gasteiger partial charge in [-0.1, -0.05) is 55.5 Å². The van der Waals surface area contributed by atoms with Crippen molar-refractivity contribution in [2.75, 3.05) is 19.7 Å². The molecule has 21 heavy (non-hydrogen) atoms. The van der Waals surface area contributed by atoms with Gasteiger partial charge in [-0.25, -0.2) is 0 Å². The molecule has 0 aromatic rings. The zero-order chi connectivity index (χ0) is 15.8. The molecule has 0 aliphatic rings. The molecular weight excluding hydrogens is 266 g/mol. The topological polar surface area (TPSA) is 72.7 Å². The molecule has 0 aromatic carbocycles. The molecule has 0 radical (unpaired) electrons. The molecule has 0 saturated heterocycles. The van der Waals surface area contributed by atoms with Gasteiger partial charge in [-0.2, -0.15) is 0 Å². The smallest absolute Gasteiger partial charge is 0.0758 e. The maximum atomic E-state index is 9.62. The van der Waals surface area contributed by atoms with Crippen molar-refractivity contribution in [2.45, 2.75) is 38.4 Å². The van der Waals surface area contributed by atoms with Gasteiger partial charge in [-0.15, -0.1) is 0 Å².